The number of aromatic nitrogens is 3. The fourth-order valence-electron chi connectivity index (χ4n) is 4.68. The second-order valence-electron chi connectivity index (χ2n) is 9.98. The molecule has 5 rings (SSSR count). The van der Waals surface area contributed by atoms with Crippen LogP contribution >= 0.6 is 11.6 Å². The average molecular weight is 619 g/mol. The van der Waals surface area contributed by atoms with Gasteiger partial charge in [0.05, 0.1) is 46.2 Å². The van der Waals surface area contributed by atoms with E-state index in [1.807, 2.05) is 18.7 Å². The summed E-state index contributed by atoms with van der Waals surface area (Å²) in [4.78, 5) is 27.8. The number of hydrogen-bond donors (Lipinski definition) is 2. The number of carbonyl (C=O) groups is 1. The van der Waals surface area contributed by atoms with E-state index in [-0.39, 0.29) is 29.3 Å². The van der Waals surface area contributed by atoms with Crippen molar-refractivity contribution in [2.24, 2.45) is 0 Å². The van der Waals surface area contributed by atoms with Crippen LogP contribution in [0.5, 0.6) is 0 Å². The molecular weight excluding hydrogens is 593 g/mol. The summed E-state index contributed by atoms with van der Waals surface area (Å²) in [5, 5.41) is 3.21. The summed E-state index contributed by atoms with van der Waals surface area (Å²) in [5.41, 5.74) is 1.64. The molecule has 3 aromatic heterocycles. The fourth-order valence-corrected chi connectivity index (χ4v) is 5.79. The lowest BCUT2D eigenvalue weighted by molar-refractivity contribution is -0.00547. The molecule has 0 spiro atoms. The van der Waals surface area contributed by atoms with Crippen molar-refractivity contribution in [1.82, 2.24) is 20.3 Å². The number of carbonyl (C=O) groups excluding carboxylic acids is 1. The van der Waals surface area contributed by atoms with E-state index in [0.29, 0.717) is 46.9 Å². The molecule has 0 aliphatic carbocycles. The minimum absolute atomic E-state index is 0.0231. The highest BCUT2D eigenvalue weighted by Crippen LogP contribution is 2.27. The maximum Gasteiger partial charge on any atom is 0.323 e. The Balaban J connectivity index is 1.36. The molecule has 4 aromatic rings. The van der Waals surface area contributed by atoms with Crippen molar-refractivity contribution in [3.05, 3.63) is 76.8 Å². The molecule has 3 atom stereocenters. The number of hydrogen-bond acceptors (Lipinski definition) is 8. The number of nitrogens with zero attached hydrogens (tertiary/aromatic N) is 4. The van der Waals surface area contributed by atoms with Crippen molar-refractivity contribution in [1.29, 1.82) is 4.78 Å². The first-order chi connectivity index (χ1) is 19.9. The molecule has 1 amide bonds. The molecule has 42 heavy (non-hydrogen) atoms. The van der Waals surface area contributed by atoms with Crippen LogP contribution in [-0.4, -0.2) is 56.1 Å². The molecule has 9 nitrogen and oxygen atoms in total. The molecular formula is C28H26ClF3N6O3S. The van der Waals surface area contributed by atoms with Gasteiger partial charge in [0, 0.05) is 47.4 Å². The first kappa shape index (κ1) is 29.7. The zero-order valence-electron chi connectivity index (χ0n) is 22.5. The third kappa shape index (κ3) is 6.48. The van der Waals surface area contributed by atoms with Crippen LogP contribution in [0.1, 0.15) is 29.9 Å². The van der Waals surface area contributed by atoms with Gasteiger partial charge in [0.1, 0.15) is 21.4 Å². The van der Waals surface area contributed by atoms with Gasteiger partial charge >= 0.3 is 5.76 Å². The molecule has 14 heteroatoms. The predicted octanol–water partition coefficient (Wildman–Crippen LogP) is 5.66. The highest BCUT2D eigenvalue weighted by molar-refractivity contribution is 7.92. The number of alkyl halides is 2. The average Bonchev–Trinajstić information content (AvgIpc) is 2.94. The van der Waals surface area contributed by atoms with Gasteiger partial charge < -0.3 is 15.0 Å². The summed E-state index contributed by atoms with van der Waals surface area (Å²) in [7, 11) is -4.45. The van der Waals surface area contributed by atoms with Gasteiger partial charge in [0.2, 0.25) is 0 Å². The molecule has 4 heterocycles. The van der Waals surface area contributed by atoms with E-state index >= 15 is 0 Å². The van der Waals surface area contributed by atoms with Crippen LogP contribution in [0.4, 0.5) is 19.0 Å². The molecule has 0 saturated carbocycles. The number of rotatable bonds is 7. The third-order valence-electron chi connectivity index (χ3n) is 6.58. The lowest BCUT2D eigenvalue weighted by atomic mass is 10.1. The number of fused-ring (bicyclic) bond motifs is 1. The lowest BCUT2D eigenvalue weighted by Crippen LogP contribution is -2.45. The summed E-state index contributed by atoms with van der Waals surface area (Å²) in [6, 6.07) is 11.0. The molecule has 0 radical (unpaired) electrons. The molecule has 1 saturated heterocycles. The van der Waals surface area contributed by atoms with Gasteiger partial charge in [-0.25, -0.2) is 23.3 Å². The quantitative estimate of drug-likeness (QED) is 0.274. The number of amides is 1. The number of halogens is 4. The lowest BCUT2D eigenvalue weighted by Gasteiger charge is -2.36. The van der Waals surface area contributed by atoms with E-state index in [1.165, 1.54) is 18.2 Å². The SMILES string of the molecule is C[C@@H]1CN(c2cc(F)cc(-c3ccc4cnc(CNC(=O)c5cc(Cl)cc([S@](=N)(=O)C(F)F)c5)cc4n3)n2)C[C@H](C)O1. The Bertz CT molecular complexity index is 1770. The van der Waals surface area contributed by atoms with Gasteiger partial charge in [-0.05, 0) is 50.2 Å². The Morgan fingerprint density at radius 2 is 1.86 bits per heavy atom. The second kappa shape index (κ2) is 11.8. The van der Waals surface area contributed by atoms with Crippen LogP contribution in [-0.2, 0) is 21.0 Å². The van der Waals surface area contributed by atoms with Crippen LogP contribution in [0.3, 0.4) is 0 Å². The van der Waals surface area contributed by atoms with Gasteiger partial charge in [-0.2, -0.15) is 8.78 Å². The zero-order chi connectivity index (χ0) is 30.2. The first-order valence-electron chi connectivity index (χ1n) is 12.9. The largest absolute Gasteiger partial charge is 0.372 e. The second-order valence-corrected chi connectivity index (χ2v) is 12.4. The minimum atomic E-state index is -4.45. The van der Waals surface area contributed by atoms with Gasteiger partial charge in [-0.15, -0.1) is 0 Å². The van der Waals surface area contributed by atoms with Crippen molar-refractivity contribution in [2.75, 3.05) is 18.0 Å². The molecule has 1 fully saturated rings. The maximum absolute atomic E-state index is 14.7. The Hall–Kier alpha value is -3.81. The number of ether oxygens (including phenoxy) is 1. The topological polar surface area (TPSA) is 121 Å². The highest BCUT2D eigenvalue weighted by Gasteiger charge is 2.25. The van der Waals surface area contributed by atoms with Gasteiger partial charge in [-0.1, -0.05) is 11.6 Å². The maximum atomic E-state index is 14.7. The normalized spacial score (nSPS) is 18.7. The number of nitrogens with one attached hydrogen (secondary N) is 2. The Morgan fingerprint density at radius 1 is 1.12 bits per heavy atom. The number of pyridine rings is 3. The Kier molecular flexibility index (Phi) is 8.35. The summed E-state index contributed by atoms with van der Waals surface area (Å²) < 4.78 is 66.2. The number of anilines is 1. The van der Waals surface area contributed by atoms with Gasteiger partial charge in [0.15, 0.2) is 0 Å². The molecule has 1 aromatic carbocycles. The van der Waals surface area contributed by atoms with Crippen molar-refractivity contribution >= 4 is 44.0 Å². The van der Waals surface area contributed by atoms with Crippen molar-refractivity contribution in [3.63, 3.8) is 0 Å². The van der Waals surface area contributed by atoms with E-state index in [0.717, 1.165) is 12.1 Å². The standard InChI is InChI=1S/C28H26ClF3N6O3S/c1-15-13-38(14-16(2)41-15)26-9-20(30)8-25(37-26)23-4-3-17-11-34-21(10-24(17)36-23)12-35-27(39)18-5-19(29)7-22(6-18)42(33,40)28(31)32/h3-11,15-16,28,33H,12-14H2,1-2H3,(H,35,39)/t15-,16+,42-/m0/s1. The zero-order valence-corrected chi connectivity index (χ0v) is 24.1. The molecule has 1 aliphatic heterocycles. The van der Waals surface area contributed by atoms with Crippen molar-refractivity contribution in [2.45, 2.75) is 43.3 Å². The number of benzene rings is 1. The molecule has 220 valence electrons. The van der Waals surface area contributed by atoms with E-state index in [4.69, 9.17) is 21.1 Å². The molecule has 0 bridgehead atoms. The monoisotopic (exact) mass is 618 g/mol. The summed E-state index contributed by atoms with van der Waals surface area (Å²) in [6.45, 7) is 5.02. The highest BCUT2D eigenvalue weighted by atomic mass is 35.5. The smallest absolute Gasteiger partial charge is 0.323 e. The predicted molar refractivity (Wildman–Crippen MR) is 153 cm³/mol. The van der Waals surface area contributed by atoms with E-state index in [1.54, 1.807) is 24.4 Å². The van der Waals surface area contributed by atoms with E-state index in [2.05, 4.69) is 20.3 Å². The van der Waals surface area contributed by atoms with Gasteiger partial charge in [0.25, 0.3) is 5.91 Å². The summed E-state index contributed by atoms with van der Waals surface area (Å²) in [6.07, 6.45) is 1.53. The summed E-state index contributed by atoms with van der Waals surface area (Å²) in [5.74, 6) is -4.08. The van der Waals surface area contributed by atoms with E-state index in [9.17, 15) is 22.2 Å². The van der Waals surface area contributed by atoms with Crippen molar-refractivity contribution in [3.8, 4) is 11.4 Å². The fraction of sp³-hybridized carbons (Fsp3) is 0.286. The van der Waals surface area contributed by atoms with Crippen LogP contribution in [0.15, 0.2) is 59.6 Å². The molecule has 1 aliphatic rings. The van der Waals surface area contributed by atoms with Crippen molar-refractivity contribution < 1.29 is 26.9 Å². The molecule has 0 unspecified atom stereocenters. The van der Waals surface area contributed by atoms with Crippen LogP contribution < -0.4 is 10.2 Å². The van der Waals surface area contributed by atoms with Crippen LogP contribution in [0, 0.1) is 10.6 Å². The number of morpholine rings is 1. The van der Waals surface area contributed by atoms with Crippen LogP contribution in [0.25, 0.3) is 22.3 Å². The first-order valence-corrected chi connectivity index (χ1v) is 14.9. The van der Waals surface area contributed by atoms with Crippen LogP contribution in [0.2, 0.25) is 5.02 Å². The third-order valence-corrected chi connectivity index (χ3v) is 8.23. The minimum Gasteiger partial charge on any atom is -0.372 e. The Morgan fingerprint density at radius 3 is 2.57 bits per heavy atom. The van der Waals surface area contributed by atoms with Gasteiger partial charge in [-0.3, -0.25) is 9.78 Å². The Labute approximate surface area is 245 Å². The molecule has 2 N–H and O–H groups in total. The summed E-state index contributed by atoms with van der Waals surface area (Å²) >= 11 is 5.94. The van der Waals surface area contributed by atoms with E-state index < -0.39 is 32.1 Å².